The molecular weight excluding hydrogens is 308 g/mol. The summed E-state index contributed by atoms with van der Waals surface area (Å²) < 4.78 is 5.38. The molecule has 0 unspecified atom stereocenters. The molecule has 0 aliphatic carbocycles. The number of aromatic nitrogens is 2. The predicted octanol–water partition coefficient (Wildman–Crippen LogP) is 2.04. The highest BCUT2D eigenvalue weighted by Gasteiger charge is 2.26. The number of nitrogens with zero attached hydrogens (tertiary/aromatic N) is 3. The van der Waals surface area contributed by atoms with Gasteiger partial charge in [-0.1, -0.05) is 12.1 Å². The molecule has 1 aliphatic rings. The number of aliphatic carboxylic acids is 1. The zero-order chi connectivity index (χ0) is 17.1. The van der Waals surface area contributed by atoms with Crippen molar-refractivity contribution >= 4 is 17.6 Å². The zero-order valence-electron chi connectivity index (χ0n) is 13.5. The largest absolute Gasteiger partial charge is 0.496 e. The lowest BCUT2D eigenvalue weighted by Crippen LogP contribution is -2.37. The number of benzene rings is 1. The van der Waals surface area contributed by atoms with E-state index in [-0.39, 0.29) is 5.92 Å². The van der Waals surface area contributed by atoms with E-state index in [4.69, 9.17) is 15.6 Å². The third-order valence-corrected chi connectivity index (χ3v) is 4.31. The summed E-state index contributed by atoms with van der Waals surface area (Å²) in [5.74, 6) is 0.626. The van der Waals surface area contributed by atoms with Gasteiger partial charge in [-0.2, -0.15) is 0 Å². The first-order valence-electron chi connectivity index (χ1n) is 7.84. The van der Waals surface area contributed by atoms with E-state index in [9.17, 15) is 4.79 Å². The van der Waals surface area contributed by atoms with Crippen molar-refractivity contribution in [3.05, 3.63) is 30.5 Å². The summed E-state index contributed by atoms with van der Waals surface area (Å²) in [4.78, 5) is 22.0. The Bertz CT molecular complexity index is 742. The number of methoxy groups -OCH3 is 1. The predicted molar refractivity (Wildman–Crippen MR) is 91.0 cm³/mol. The van der Waals surface area contributed by atoms with Gasteiger partial charge in [0.1, 0.15) is 5.75 Å². The highest BCUT2D eigenvalue weighted by atomic mass is 16.5. The monoisotopic (exact) mass is 328 g/mol. The number of carboxylic acid groups (broad SMARTS) is 1. The molecule has 24 heavy (non-hydrogen) atoms. The highest BCUT2D eigenvalue weighted by molar-refractivity contribution is 5.72. The molecule has 1 aromatic carbocycles. The second-order valence-corrected chi connectivity index (χ2v) is 5.76. The Balaban J connectivity index is 1.89. The number of piperidine rings is 1. The molecular formula is C17H20N4O3. The van der Waals surface area contributed by atoms with Gasteiger partial charge in [-0.15, -0.1) is 0 Å². The fourth-order valence-corrected chi connectivity index (χ4v) is 2.95. The van der Waals surface area contributed by atoms with Crippen molar-refractivity contribution < 1.29 is 14.6 Å². The molecule has 3 rings (SSSR count). The summed E-state index contributed by atoms with van der Waals surface area (Å²) in [6.45, 7) is 1.20. The Labute approximate surface area is 140 Å². The third-order valence-electron chi connectivity index (χ3n) is 4.31. The van der Waals surface area contributed by atoms with Crippen molar-refractivity contribution in [1.82, 2.24) is 9.97 Å². The fourth-order valence-electron chi connectivity index (χ4n) is 2.95. The van der Waals surface area contributed by atoms with Gasteiger partial charge in [0, 0.05) is 18.7 Å². The highest BCUT2D eigenvalue weighted by Crippen LogP contribution is 2.31. The number of hydrogen-bond donors (Lipinski definition) is 2. The van der Waals surface area contributed by atoms with Crippen LogP contribution in [0, 0.1) is 5.92 Å². The number of para-hydroxylation sites is 1. The minimum absolute atomic E-state index is 0.298. The van der Waals surface area contributed by atoms with E-state index in [2.05, 4.69) is 9.97 Å². The summed E-state index contributed by atoms with van der Waals surface area (Å²) in [6, 6.07) is 7.59. The van der Waals surface area contributed by atoms with Crippen LogP contribution in [0.3, 0.4) is 0 Å². The molecule has 3 N–H and O–H groups in total. The smallest absolute Gasteiger partial charge is 0.306 e. The van der Waals surface area contributed by atoms with Crippen LogP contribution in [-0.2, 0) is 4.79 Å². The summed E-state index contributed by atoms with van der Waals surface area (Å²) in [5, 5.41) is 9.12. The van der Waals surface area contributed by atoms with Gasteiger partial charge in [-0.25, -0.2) is 9.97 Å². The van der Waals surface area contributed by atoms with Gasteiger partial charge in [0.15, 0.2) is 11.6 Å². The molecule has 0 radical (unpaired) electrons. The van der Waals surface area contributed by atoms with E-state index in [1.807, 2.05) is 29.2 Å². The number of carboxylic acids is 1. The molecule has 7 nitrogen and oxygen atoms in total. The molecule has 0 atom stereocenters. The molecule has 1 aliphatic heterocycles. The van der Waals surface area contributed by atoms with Crippen LogP contribution in [0.4, 0.5) is 11.6 Å². The molecule has 7 heteroatoms. The Morgan fingerprint density at radius 2 is 2.04 bits per heavy atom. The Kier molecular flexibility index (Phi) is 4.50. The number of nitrogen functional groups attached to an aromatic ring is 1. The quantitative estimate of drug-likeness (QED) is 0.885. The number of nitrogens with two attached hydrogens (primary N) is 1. The Morgan fingerprint density at radius 1 is 1.33 bits per heavy atom. The molecule has 1 aromatic heterocycles. The van der Waals surface area contributed by atoms with Crippen molar-refractivity contribution in [1.29, 1.82) is 0 Å². The maximum atomic E-state index is 11.1. The number of ether oxygens (including phenoxy) is 1. The van der Waals surface area contributed by atoms with E-state index in [0.29, 0.717) is 49.0 Å². The van der Waals surface area contributed by atoms with Gasteiger partial charge in [0.25, 0.3) is 0 Å². The molecule has 2 heterocycles. The van der Waals surface area contributed by atoms with Gasteiger partial charge >= 0.3 is 5.97 Å². The van der Waals surface area contributed by atoms with Gasteiger partial charge in [0.05, 0.1) is 24.9 Å². The molecule has 126 valence electrons. The number of rotatable bonds is 4. The van der Waals surface area contributed by atoms with Gasteiger partial charge in [-0.3, -0.25) is 4.79 Å². The van der Waals surface area contributed by atoms with Crippen LogP contribution in [0.1, 0.15) is 12.8 Å². The van der Waals surface area contributed by atoms with Crippen LogP contribution in [-0.4, -0.2) is 41.2 Å². The van der Waals surface area contributed by atoms with Crippen molar-refractivity contribution in [2.45, 2.75) is 12.8 Å². The first-order valence-corrected chi connectivity index (χ1v) is 7.84. The summed E-state index contributed by atoms with van der Waals surface area (Å²) in [5.41, 5.74) is 7.52. The van der Waals surface area contributed by atoms with Crippen molar-refractivity contribution in [2.24, 2.45) is 5.92 Å². The lowest BCUT2D eigenvalue weighted by Gasteiger charge is -2.31. The van der Waals surface area contributed by atoms with E-state index < -0.39 is 5.97 Å². The lowest BCUT2D eigenvalue weighted by molar-refractivity contribution is -0.142. The maximum absolute atomic E-state index is 11.1. The van der Waals surface area contributed by atoms with Crippen LogP contribution in [0.15, 0.2) is 30.5 Å². The van der Waals surface area contributed by atoms with E-state index in [1.165, 1.54) is 0 Å². The second-order valence-electron chi connectivity index (χ2n) is 5.76. The molecule has 1 fully saturated rings. The molecule has 0 spiro atoms. The molecule has 0 amide bonds. The fraction of sp³-hybridized carbons (Fsp3) is 0.353. The molecule has 0 bridgehead atoms. The third kappa shape index (κ3) is 3.10. The Hall–Kier alpha value is -2.83. The number of carbonyl (C=O) groups is 1. The topological polar surface area (TPSA) is 102 Å². The van der Waals surface area contributed by atoms with Crippen LogP contribution in [0.2, 0.25) is 0 Å². The average Bonchev–Trinajstić information content (AvgIpc) is 2.62. The summed E-state index contributed by atoms with van der Waals surface area (Å²) in [6.07, 6.45) is 2.78. The van der Waals surface area contributed by atoms with E-state index in [0.717, 1.165) is 5.56 Å². The number of anilines is 2. The number of hydrogen-bond acceptors (Lipinski definition) is 6. The van der Waals surface area contributed by atoms with Gasteiger partial charge < -0.3 is 20.5 Å². The van der Waals surface area contributed by atoms with Crippen molar-refractivity contribution in [3.8, 4) is 17.0 Å². The summed E-state index contributed by atoms with van der Waals surface area (Å²) in [7, 11) is 1.61. The van der Waals surface area contributed by atoms with Crippen LogP contribution >= 0.6 is 0 Å². The normalized spacial score (nSPS) is 15.3. The zero-order valence-corrected chi connectivity index (χ0v) is 13.5. The molecule has 2 aromatic rings. The van der Waals surface area contributed by atoms with E-state index >= 15 is 0 Å². The van der Waals surface area contributed by atoms with Crippen molar-refractivity contribution in [2.75, 3.05) is 30.8 Å². The van der Waals surface area contributed by atoms with E-state index in [1.54, 1.807) is 13.3 Å². The first kappa shape index (κ1) is 16.0. The van der Waals surface area contributed by atoms with Crippen LogP contribution < -0.4 is 15.4 Å². The van der Waals surface area contributed by atoms with Gasteiger partial charge in [0.2, 0.25) is 0 Å². The molecule has 1 saturated heterocycles. The van der Waals surface area contributed by atoms with Crippen LogP contribution in [0.5, 0.6) is 5.75 Å². The minimum atomic E-state index is -0.739. The second kappa shape index (κ2) is 6.74. The van der Waals surface area contributed by atoms with Gasteiger partial charge in [-0.05, 0) is 25.0 Å². The lowest BCUT2D eigenvalue weighted by atomic mass is 9.97. The minimum Gasteiger partial charge on any atom is -0.496 e. The average molecular weight is 328 g/mol. The SMILES string of the molecule is COc1ccccc1-c1cnc(N)c(N2CCC(C(=O)O)CC2)n1. The maximum Gasteiger partial charge on any atom is 0.306 e. The Morgan fingerprint density at radius 3 is 2.71 bits per heavy atom. The summed E-state index contributed by atoms with van der Waals surface area (Å²) >= 11 is 0. The molecule has 0 saturated carbocycles. The standard InChI is InChI=1S/C17H20N4O3/c1-24-14-5-3-2-4-12(14)13-10-19-15(18)16(20-13)21-8-6-11(7-9-21)17(22)23/h2-5,10-11H,6-9H2,1H3,(H2,18,19)(H,22,23). The van der Waals surface area contributed by atoms with Crippen LogP contribution in [0.25, 0.3) is 11.3 Å². The first-order chi connectivity index (χ1) is 11.6. The van der Waals surface area contributed by atoms with Crippen molar-refractivity contribution in [3.63, 3.8) is 0 Å².